The van der Waals surface area contributed by atoms with Crippen molar-refractivity contribution >= 4 is 51.8 Å². The number of aromatic nitrogens is 1. The maximum Gasteiger partial charge on any atom is 0.268 e. The first-order valence-electron chi connectivity index (χ1n) is 8.73. The Hall–Kier alpha value is -2.61. The average molecular weight is 448 g/mol. The lowest BCUT2D eigenvalue weighted by molar-refractivity contribution is -0.125. The molecule has 9 heteroatoms. The largest absolute Gasteiger partial charge is 0.382 e. The number of carbonyl (C=O) groups excluding carboxylic acids is 1. The molecule has 4 rings (SSSR count). The minimum absolute atomic E-state index is 0.194. The SMILES string of the molecule is O=C(Nc1ccc(=O)n(Cc2ccccc2Cl)c1)C1CC(c2ccc(Cl)s2)=NO1. The number of benzene rings is 1. The van der Waals surface area contributed by atoms with Crippen molar-refractivity contribution in [3.8, 4) is 0 Å². The second-order valence-corrected chi connectivity index (χ2v) is 8.53. The van der Waals surface area contributed by atoms with E-state index in [-0.39, 0.29) is 11.5 Å². The summed E-state index contributed by atoms with van der Waals surface area (Å²) in [6, 6.07) is 13.9. The van der Waals surface area contributed by atoms with E-state index >= 15 is 0 Å². The van der Waals surface area contributed by atoms with Crippen LogP contribution in [0.15, 0.2) is 64.7 Å². The lowest BCUT2D eigenvalue weighted by Crippen LogP contribution is -2.29. The number of rotatable bonds is 5. The van der Waals surface area contributed by atoms with E-state index in [0.29, 0.717) is 33.7 Å². The van der Waals surface area contributed by atoms with E-state index in [9.17, 15) is 9.59 Å². The Bertz CT molecular complexity index is 1160. The Morgan fingerprint density at radius 1 is 1.21 bits per heavy atom. The van der Waals surface area contributed by atoms with Crippen LogP contribution in [0.5, 0.6) is 0 Å². The summed E-state index contributed by atoms with van der Waals surface area (Å²) in [5.74, 6) is -0.339. The molecule has 6 nitrogen and oxygen atoms in total. The summed E-state index contributed by atoms with van der Waals surface area (Å²) in [5, 5.41) is 7.35. The first-order chi connectivity index (χ1) is 14.0. The van der Waals surface area contributed by atoms with Gasteiger partial charge in [-0.25, -0.2) is 0 Å². The fourth-order valence-corrected chi connectivity index (χ4v) is 4.12. The van der Waals surface area contributed by atoms with Crippen LogP contribution < -0.4 is 10.9 Å². The number of nitrogens with one attached hydrogen (secondary N) is 1. The van der Waals surface area contributed by atoms with Crippen LogP contribution in [0, 0.1) is 0 Å². The van der Waals surface area contributed by atoms with E-state index in [2.05, 4.69) is 10.5 Å². The minimum Gasteiger partial charge on any atom is -0.382 e. The lowest BCUT2D eigenvalue weighted by Gasteiger charge is -2.12. The van der Waals surface area contributed by atoms with E-state index in [0.717, 1.165) is 10.4 Å². The van der Waals surface area contributed by atoms with Gasteiger partial charge in [-0.3, -0.25) is 9.59 Å². The highest BCUT2D eigenvalue weighted by Crippen LogP contribution is 2.26. The number of nitrogens with zero attached hydrogens (tertiary/aromatic N) is 2. The first kappa shape index (κ1) is 19.7. The molecule has 3 heterocycles. The molecule has 1 amide bonds. The normalized spacial score (nSPS) is 15.7. The summed E-state index contributed by atoms with van der Waals surface area (Å²) in [5.41, 5.74) is 1.79. The van der Waals surface area contributed by atoms with Gasteiger partial charge in [0.2, 0.25) is 6.10 Å². The van der Waals surface area contributed by atoms with E-state index < -0.39 is 6.10 Å². The van der Waals surface area contributed by atoms with E-state index in [1.165, 1.54) is 22.0 Å². The van der Waals surface area contributed by atoms with Gasteiger partial charge in [0.15, 0.2) is 0 Å². The molecule has 3 aromatic rings. The average Bonchev–Trinajstić information content (AvgIpc) is 3.35. The number of oxime groups is 1. The predicted octanol–water partition coefficient (Wildman–Crippen LogP) is 4.40. The quantitative estimate of drug-likeness (QED) is 0.629. The van der Waals surface area contributed by atoms with Gasteiger partial charge in [-0.1, -0.05) is 46.6 Å². The van der Waals surface area contributed by atoms with Crippen LogP contribution in [-0.2, 0) is 16.2 Å². The summed E-state index contributed by atoms with van der Waals surface area (Å²) in [7, 11) is 0. The molecule has 1 N–H and O–H groups in total. The third-order valence-electron chi connectivity index (χ3n) is 4.37. The topological polar surface area (TPSA) is 72.7 Å². The van der Waals surface area contributed by atoms with Gasteiger partial charge in [-0.05, 0) is 29.8 Å². The maximum absolute atomic E-state index is 12.6. The first-order valence-corrected chi connectivity index (χ1v) is 10.3. The summed E-state index contributed by atoms with van der Waals surface area (Å²) in [6.07, 6.45) is 1.19. The molecule has 1 aromatic carbocycles. The second kappa shape index (κ2) is 8.41. The van der Waals surface area contributed by atoms with Crippen molar-refractivity contribution < 1.29 is 9.63 Å². The van der Waals surface area contributed by atoms with Gasteiger partial charge in [0.05, 0.1) is 21.4 Å². The van der Waals surface area contributed by atoms with Crippen molar-refractivity contribution in [3.05, 3.63) is 84.9 Å². The van der Waals surface area contributed by atoms with Crippen LogP contribution in [0.1, 0.15) is 16.9 Å². The van der Waals surface area contributed by atoms with Gasteiger partial charge in [0.25, 0.3) is 11.5 Å². The summed E-state index contributed by atoms with van der Waals surface area (Å²) >= 11 is 13.5. The predicted molar refractivity (Wildman–Crippen MR) is 115 cm³/mol. The van der Waals surface area contributed by atoms with Crippen molar-refractivity contribution in [2.45, 2.75) is 19.1 Å². The zero-order chi connectivity index (χ0) is 20.4. The van der Waals surface area contributed by atoms with Crippen molar-refractivity contribution in [2.75, 3.05) is 5.32 Å². The molecule has 0 bridgehead atoms. The van der Waals surface area contributed by atoms with Crippen LogP contribution in [0.4, 0.5) is 5.69 Å². The number of pyridine rings is 1. The van der Waals surface area contributed by atoms with E-state index in [1.807, 2.05) is 24.3 Å². The summed E-state index contributed by atoms with van der Waals surface area (Å²) in [6.45, 7) is 0.300. The van der Waals surface area contributed by atoms with Crippen LogP contribution in [-0.4, -0.2) is 22.3 Å². The third-order valence-corrected chi connectivity index (χ3v) is 6.02. The van der Waals surface area contributed by atoms with Crippen molar-refractivity contribution in [1.82, 2.24) is 4.57 Å². The molecule has 148 valence electrons. The number of amides is 1. The number of anilines is 1. The number of hydrogen-bond donors (Lipinski definition) is 1. The maximum atomic E-state index is 12.6. The number of carbonyl (C=O) groups is 1. The van der Waals surface area contributed by atoms with Gasteiger partial charge in [0, 0.05) is 23.7 Å². The van der Waals surface area contributed by atoms with Gasteiger partial charge in [-0.15, -0.1) is 11.3 Å². The number of halogens is 2. The Labute approximate surface area is 180 Å². The lowest BCUT2D eigenvalue weighted by atomic mass is 10.1. The molecule has 1 unspecified atom stereocenters. The van der Waals surface area contributed by atoms with Gasteiger partial charge in [-0.2, -0.15) is 0 Å². The molecule has 1 aliphatic heterocycles. The van der Waals surface area contributed by atoms with Crippen molar-refractivity contribution in [2.24, 2.45) is 5.16 Å². The molecule has 29 heavy (non-hydrogen) atoms. The molecule has 0 spiro atoms. The Morgan fingerprint density at radius 3 is 2.79 bits per heavy atom. The van der Waals surface area contributed by atoms with Crippen molar-refractivity contribution in [1.29, 1.82) is 0 Å². The van der Waals surface area contributed by atoms with Gasteiger partial charge in [0.1, 0.15) is 5.71 Å². The fourth-order valence-electron chi connectivity index (χ4n) is 2.89. The Kier molecular flexibility index (Phi) is 5.71. The van der Waals surface area contributed by atoms with Crippen LogP contribution in [0.25, 0.3) is 0 Å². The van der Waals surface area contributed by atoms with Crippen LogP contribution in [0.3, 0.4) is 0 Å². The molecule has 0 aliphatic carbocycles. The third kappa shape index (κ3) is 4.53. The van der Waals surface area contributed by atoms with E-state index in [4.69, 9.17) is 28.0 Å². The fraction of sp³-hybridized carbons (Fsp3) is 0.150. The molecular weight excluding hydrogens is 433 g/mol. The number of thiophene rings is 1. The Morgan fingerprint density at radius 2 is 2.03 bits per heavy atom. The molecule has 1 aliphatic rings. The molecule has 1 atom stereocenters. The molecule has 0 fully saturated rings. The zero-order valence-electron chi connectivity index (χ0n) is 15.0. The molecule has 2 aromatic heterocycles. The second-order valence-electron chi connectivity index (χ2n) is 6.40. The Balaban J connectivity index is 1.44. The smallest absolute Gasteiger partial charge is 0.268 e. The van der Waals surface area contributed by atoms with Gasteiger partial charge >= 0.3 is 0 Å². The highest BCUT2D eigenvalue weighted by Gasteiger charge is 2.29. The van der Waals surface area contributed by atoms with Gasteiger partial charge < -0.3 is 14.7 Å². The molecule has 0 saturated carbocycles. The standard InChI is InChI=1S/C20H15Cl2N3O3S/c21-14-4-2-1-3-12(14)10-25-11-13(5-8-19(25)26)23-20(27)16-9-15(24-28-16)17-6-7-18(22)29-17/h1-8,11,16H,9-10H2,(H,23,27). The van der Waals surface area contributed by atoms with E-state index in [1.54, 1.807) is 24.4 Å². The summed E-state index contributed by atoms with van der Waals surface area (Å²) < 4.78 is 2.14. The molecule has 0 saturated heterocycles. The number of hydrogen-bond acceptors (Lipinski definition) is 5. The zero-order valence-corrected chi connectivity index (χ0v) is 17.3. The monoisotopic (exact) mass is 447 g/mol. The van der Waals surface area contributed by atoms with Crippen LogP contribution >= 0.6 is 34.5 Å². The molecular formula is C20H15Cl2N3O3S. The highest BCUT2D eigenvalue weighted by molar-refractivity contribution is 7.18. The highest BCUT2D eigenvalue weighted by atomic mass is 35.5. The molecule has 0 radical (unpaired) electrons. The minimum atomic E-state index is -0.741. The van der Waals surface area contributed by atoms with Crippen molar-refractivity contribution in [3.63, 3.8) is 0 Å². The summed E-state index contributed by atoms with van der Waals surface area (Å²) in [4.78, 5) is 30.9. The van der Waals surface area contributed by atoms with Crippen LogP contribution in [0.2, 0.25) is 9.36 Å².